The fourth-order valence-corrected chi connectivity index (χ4v) is 3.18. The van der Waals surface area contributed by atoms with E-state index in [1.54, 1.807) is 6.20 Å². The monoisotopic (exact) mass is 402 g/mol. The Balaban J connectivity index is 1.56. The van der Waals surface area contributed by atoms with E-state index in [1.807, 2.05) is 73.7 Å². The molecule has 6 nitrogen and oxygen atoms in total. The van der Waals surface area contributed by atoms with Gasteiger partial charge in [0.15, 0.2) is 5.76 Å². The molecule has 2 aromatic carbocycles. The van der Waals surface area contributed by atoms with Crippen LogP contribution in [0.3, 0.4) is 0 Å². The van der Waals surface area contributed by atoms with Gasteiger partial charge in [0, 0.05) is 29.3 Å². The van der Waals surface area contributed by atoms with Gasteiger partial charge in [0.05, 0.1) is 6.61 Å². The van der Waals surface area contributed by atoms with Crippen LogP contribution in [-0.2, 0) is 13.2 Å². The van der Waals surface area contributed by atoms with Crippen molar-refractivity contribution < 1.29 is 18.7 Å². The fraction of sp³-hybridized carbons (Fsp3) is 0.167. The lowest BCUT2D eigenvalue weighted by Crippen LogP contribution is -2.24. The highest BCUT2D eigenvalue weighted by atomic mass is 16.5. The number of aromatic nitrogens is 1. The SMILES string of the molecule is CCOc1ncccc1CNC(=O)c1oc2ccccc2c1COc1ccccc1. The third-order valence-electron chi connectivity index (χ3n) is 4.60. The number of amides is 1. The standard InChI is InChI=1S/C24H22N2O4/c1-2-28-24-17(9-8-14-25-24)15-26-23(27)22-20(16-29-18-10-4-3-5-11-18)19-12-6-7-13-21(19)30-22/h3-14H,2,15-16H2,1H3,(H,26,27). The van der Waals surface area contributed by atoms with Crippen LogP contribution in [0.5, 0.6) is 11.6 Å². The van der Waals surface area contributed by atoms with Crippen molar-refractivity contribution in [2.75, 3.05) is 6.61 Å². The largest absolute Gasteiger partial charge is 0.489 e. The van der Waals surface area contributed by atoms with Crippen LogP contribution in [0, 0.1) is 0 Å². The molecule has 30 heavy (non-hydrogen) atoms. The summed E-state index contributed by atoms with van der Waals surface area (Å²) in [7, 11) is 0. The Hall–Kier alpha value is -3.80. The molecule has 0 aliphatic heterocycles. The summed E-state index contributed by atoms with van der Waals surface area (Å²) in [5, 5.41) is 3.76. The van der Waals surface area contributed by atoms with E-state index < -0.39 is 0 Å². The lowest BCUT2D eigenvalue weighted by Gasteiger charge is -2.10. The van der Waals surface area contributed by atoms with Crippen molar-refractivity contribution in [2.45, 2.75) is 20.1 Å². The summed E-state index contributed by atoms with van der Waals surface area (Å²) in [4.78, 5) is 17.2. The zero-order valence-corrected chi connectivity index (χ0v) is 16.6. The third-order valence-corrected chi connectivity index (χ3v) is 4.60. The predicted molar refractivity (Wildman–Crippen MR) is 114 cm³/mol. The van der Waals surface area contributed by atoms with Gasteiger partial charge in [-0.2, -0.15) is 0 Å². The number of para-hydroxylation sites is 2. The van der Waals surface area contributed by atoms with Crippen molar-refractivity contribution in [2.24, 2.45) is 0 Å². The summed E-state index contributed by atoms with van der Waals surface area (Å²) < 4.78 is 17.3. The van der Waals surface area contributed by atoms with Crippen LogP contribution in [0.2, 0.25) is 0 Å². The minimum absolute atomic E-state index is 0.223. The van der Waals surface area contributed by atoms with Crippen LogP contribution >= 0.6 is 0 Å². The topological polar surface area (TPSA) is 73.6 Å². The number of furan rings is 1. The first kappa shape index (κ1) is 19.5. The van der Waals surface area contributed by atoms with Crippen molar-refractivity contribution in [1.29, 1.82) is 0 Å². The number of pyridine rings is 1. The summed E-state index contributed by atoms with van der Waals surface area (Å²) in [5.74, 6) is 1.17. The first-order valence-corrected chi connectivity index (χ1v) is 9.79. The smallest absolute Gasteiger partial charge is 0.287 e. The molecule has 1 N–H and O–H groups in total. The first-order chi connectivity index (χ1) is 14.8. The molecule has 0 unspecified atom stereocenters. The van der Waals surface area contributed by atoms with Gasteiger partial charge in [-0.25, -0.2) is 4.98 Å². The first-order valence-electron chi connectivity index (χ1n) is 9.79. The van der Waals surface area contributed by atoms with E-state index in [1.165, 1.54) is 0 Å². The van der Waals surface area contributed by atoms with Gasteiger partial charge < -0.3 is 19.2 Å². The number of benzene rings is 2. The highest BCUT2D eigenvalue weighted by molar-refractivity contribution is 5.99. The zero-order valence-electron chi connectivity index (χ0n) is 16.6. The number of fused-ring (bicyclic) bond motifs is 1. The summed E-state index contributed by atoms with van der Waals surface area (Å²) in [6, 6.07) is 20.7. The molecular weight excluding hydrogens is 380 g/mol. The highest BCUT2D eigenvalue weighted by Crippen LogP contribution is 2.27. The molecule has 0 saturated heterocycles. The van der Waals surface area contributed by atoms with E-state index in [2.05, 4.69) is 10.3 Å². The van der Waals surface area contributed by atoms with Gasteiger partial charge in [-0.3, -0.25) is 4.79 Å². The number of nitrogens with one attached hydrogen (secondary N) is 1. The maximum atomic E-state index is 13.0. The minimum Gasteiger partial charge on any atom is -0.489 e. The molecular formula is C24H22N2O4. The lowest BCUT2D eigenvalue weighted by atomic mass is 10.1. The van der Waals surface area contributed by atoms with E-state index in [-0.39, 0.29) is 24.8 Å². The van der Waals surface area contributed by atoms with Crippen LogP contribution in [0.15, 0.2) is 77.3 Å². The molecule has 2 aromatic heterocycles. The molecule has 6 heteroatoms. The normalized spacial score (nSPS) is 10.7. The molecule has 152 valence electrons. The minimum atomic E-state index is -0.316. The Labute approximate surface area is 174 Å². The van der Waals surface area contributed by atoms with Gasteiger partial charge in [-0.15, -0.1) is 0 Å². The summed E-state index contributed by atoms with van der Waals surface area (Å²) in [6.07, 6.45) is 1.66. The van der Waals surface area contributed by atoms with Gasteiger partial charge in [-0.1, -0.05) is 42.5 Å². The highest BCUT2D eigenvalue weighted by Gasteiger charge is 2.21. The van der Waals surface area contributed by atoms with E-state index in [0.29, 0.717) is 23.6 Å². The molecule has 0 bridgehead atoms. The van der Waals surface area contributed by atoms with E-state index in [0.717, 1.165) is 16.7 Å². The average Bonchev–Trinajstić information content (AvgIpc) is 3.16. The quantitative estimate of drug-likeness (QED) is 0.461. The number of rotatable bonds is 8. The maximum Gasteiger partial charge on any atom is 0.287 e. The van der Waals surface area contributed by atoms with Gasteiger partial charge >= 0.3 is 0 Å². The van der Waals surface area contributed by atoms with Crippen molar-refractivity contribution in [3.05, 3.63) is 89.8 Å². The molecule has 2 heterocycles. The van der Waals surface area contributed by atoms with Crippen LogP contribution in [0.25, 0.3) is 11.0 Å². The Morgan fingerprint density at radius 3 is 2.63 bits per heavy atom. The molecule has 0 fully saturated rings. The van der Waals surface area contributed by atoms with E-state index in [4.69, 9.17) is 13.9 Å². The molecule has 0 spiro atoms. The van der Waals surface area contributed by atoms with Gasteiger partial charge in [0.1, 0.15) is 17.9 Å². The second-order valence-electron chi connectivity index (χ2n) is 6.59. The van der Waals surface area contributed by atoms with Gasteiger partial charge in [0.2, 0.25) is 5.88 Å². The zero-order chi connectivity index (χ0) is 20.8. The predicted octanol–water partition coefficient (Wildman–Crippen LogP) is 4.74. The number of hydrogen-bond acceptors (Lipinski definition) is 5. The van der Waals surface area contributed by atoms with Crippen LogP contribution in [0.1, 0.15) is 28.6 Å². The molecule has 1 amide bonds. The number of carbonyl (C=O) groups excluding carboxylic acids is 1. The van der Waals surface area contributed by atoms with Crippen molar-refractivity contribution in [1.82, 2.24) is 10.3 Å². The second-order valence-corrected chi connectivity index (χ2v) is 6.59. The number of nitrogens with zero attached hydrogens (tertiary/aromatic N) is 1. The Morgan fingerprint density at radius 2 is 1.80 bits per heavy atom. The average molecular weight is 402 g/mol. The summed E-state index contributed by atoms with van der Waals surface area (Å²) in [5.41, 5.74) is 2.15. The number of ether oxygens (including phenoxy) is 2. The second kappa shape index (κ2) is 9.13. The van der Waals surface area contributed by atoms with Gasteiger partial charge in [-0.05, 0) is 31.2 Å². The maximum absolute atomic E-state index is 13.0. The van der Waals surface area contributed by atoms with Gasteiger partial charge in [0.25, 0.3) is 5.91 Å². The molecule has 0 saturated carbocycles. The lowest BCUT2D eigenvalue weighted by molar-refractivity contribution is 0.0921. The number of carbonyl (C=O) groups is 1. The molecule has 0 atom stereocenters. The van der Waals surface area contributed by atoms with Crippen molar-refractivity contribution >= 4 is 16.9 Å². The molecule has 4 rings (SSSR count). The Morgan fingerprint density at radius 1 is 1.00 bits per heavy atom. The van der Waals surface area contributed by atoms with E-state index >= 15 is 0 Å². The summed E-state index contributed by atoms with van der Waals surface area (Å²) in [6.45, 7) is 2.89. The van der Waals surface area contributed by atoms with Crippen LogP contribution < -0.4 is 14.8 Å². The fourth-order valence-electron chi connectivity index (χ4n) is 3.18. The molecule has 0 aliphatic rings. The van der Waals surface area contributed by atoms with Crippen LogP contribution in [0.4, 0.5) is 0 Å². The Kier molecular flexibility index (Phi) is 5.94. The Bertz CT molecular complexity index is 1140. The molecule has 0 radical (unpaired) electrons. The third kappa shape index (κ3) is 4.27. The molecule has 0 aliphatic carbocycles. The van der Waals surface area contributed by atoms with E-state index in [9.17, 15) is 4.79 Å². The molecule has 4 aromatic rings. The van der Waals surface area contributed by atoms with Crippen LogP contribution in [-0.4, -0.2) is 17.5 Å². The van der Waals surface area contributed by atoms with Crippen molar-refractivity contribution in [3.63, 3.8) is 0 Å². The summed E-state index contributed by atoms with van der Waals surface area (Å²) >= 11 is 0. The van der Waals surface area contributed by atoms with Crippen molar-refractivity contribution in [3.8, 4) is 11.6 Å². The number of hydrogen-bond donors (Lipinski definition) is 1.